The number of carbonyl (C=O) groups is 3. The Kier molecular flexibility index (Phi) is 3.64. The number of hydrogen-bond donors (Lipinski definition) is 2. The number of nitrogens with one attached hydrogen (secondary N) is 2. The van der Waals surface area contributed by atoms with Gasteiger partial charge in [-0.2, -0.15) is 0 Å². The molecule has 0 aliphatic heterocycles. The van der Waals surface area contributed by atoms with Crippen LogP contribution in [0.2, 0.25) is 0 Å². The lowest BCUT2D eigenvalue weighted by Gasteiger charge is -2.21. The van der Waals surface area contributed by atoms with Crippen molar-refractivity contribution in [2.24, 2.45) is 0 Å². The van der Waals surface area contributed by atoms with Crippen LogP contribution >= 0.6 is 0 Å². The Balaban J connectivity index is 2.52. The van der Waals surface area contributed by atoms with Gasteiger partial charge in [0, 0.05) is 31.5 Å². The van der Waals surface area contributed by atoms with Crippen LogP contribution in [0.4, 0.5) is 11.4 Å². The molecule has 1 aromatic rings. The quantitative estimate of drug-likeness (QED) is 0.855. The molecule has 1 aliphatic carbocycles. The van der Waals surface area contributed by atoms with Crippen molar-refractivity contribution < 1.29 is 14.4 Å². The van der Waals surface area contributed by atoms with E-state index in [1.165, 1.54) is 13.8 Å². The summed E-state index contributed by atoms with van der Waals surface area (Å²) in [5.41, 5.74) is 2.54. The van der Waals surface area contributed by atoms with E-state index in [2.05, 4.69) is 10.6 Å². The maximum atomic E-state index is 12.1. The molecule has 0 atom stereocenters. The summed E-state index contributed by atoms with van der Waals surface area (Å²) in [5, 5.41) is 5.40. The molecule has 1 aliphatic rings. The second kappa shape index (κ2) is 5.22. The highest BCUT2D eigenvalue weighted by molar-refractivity contribution is 6.08. The minimum atomic E-state index is -0.215. The Labute approximate surface area is 111 Å². The van der Waals surface area contributed by atoms with Gasteiger partial charge in [0.2, 0.25) is 11.8 Å². The van der Waals surface area contributed by atoms with Crippen molar-refractivity contribution in [1.82, 2.24) is 0 Å². The molecule has 2 amide bonds. The van der Waals surface area contributed by atoms with E-state index in [0.717, 1.165) is 18.4 Å². The van der Waals surface area contributed by atoms with E-state index < -0.39 is 0 Å². The van der Waals surface area contributed by atoms with Gasteiger partial charge in [-0.1, -0.05) is 0 Å². The molecule has 19 heavy (non-hydrogen) atoms. The average molecular weight is 260 g/mol. The number of rotatable bonds is 2. The molecule has 0 unspecified atom stereocenters. The molecule has 5 nitrogen and oxygen atoms in total. The van der Waals surface area contributed by atoms with Crippen molar-refractivity contribution in [2.75, 3.05) is 10.6 Å². The first-order chi connectivity index (χ1) is 8.99. The Hall–Kier alpha value is -2.17. The smallest absolute Gasteiger partial charge is 0.221 e. The fourth-order valence-corrected chi connectivity index (χ4v) is 2.38. The van der Waals surface area contributed by atoms with Gasteiger partial charge in [-0.05, 0) is 30.5 Å². The van der Waals surface area contributed by atoms with Crippen LogP contribution < -0.4 is 10.6 Å². The molecule has 0 aromatic heterocycles. The van der Waals surface area contributed by atoms with Gasteiger partial charge in [0.1, 0.15) is 0 Å². The van der Waals surface area contributed by atoms with Crippen molar-refractivity contribution in [1.29, 1.82) is 0 Å². The summed E-state index contributed by atoms with van der Waals surface area (Å²) in [6.07, 6.45) is 1.97. The van der Waals surface area contributed by atoms with Crippen molar-refractivity contribution in [3.8, 4) is 0 Å². The number of hydrogen-bond acceptors (Lipinski definition) is 3. The lowest BCUT2D eigenvalue weighted by atomic mass is 9.88. The molecular formula is C14H16N2O3. The van der Waals surface area contributed by atoms with Crippen molar-refractivity contribution in [2.45, 2.75) is 33.1 Å². The maximum Gasteiger partial charge on any atom is 0.221 e. The van der Waals surface area contributed by atoms with Gasteiger partial charge in [0.05, 0.1) is 5.69 Å². The monoisotopic (exact) mass is 260 g/mol. The highest BCUT2D eigenvalue weighted by atomic mass is 16.2. The molecule has 1 aromatic carbocycles. The first-order valence-electron chi connectivity index (χ1n) is 6.23. The molecule has 2 N–H and O–H groups in total. The molecule has 5 heteroatoms. The van der Waals surface area contributed by atoms with Gasteiger partial charge >= 0.3 is 0 Å². The second-order valence-corrected chi connectivity index (χ2v) is 4.65. The van der Waals surface area contributed by atoms with Crippen molar-refractivity contribution in [3.63, 3.8) is 0 Å². The lowest BCUT2D eigenvalue weighted by Crippen LogP contribution is -2.19. The molecule has 0 spiro atoms. The third-order valence-corrected chi connectivity index (χ3v) is 3.04. The number of Topliss-reactive ketones (excluding diaryl/α,β-unsaturated/α-hetero) is 1. The van der Waals surface area contributed by atoms with Crippen LogP contribution in [0.15, 0.2) is 12.1 Å². The summed E-state index contributed by atoms with van der Waals surface area (Å²) in [5.74, 6) is -0.377. The molecule has 0 radical (unpaired) electrons. The van der Waals surface area contributed by atoms with E-state index in [4.69, 9.17) is 0 Å². The maximum absolute atomic E-state index is 12.1. The van der Waals surface area contributed by atoms with E-state index in [0.29, 0.717) is 23.4 Å². The number of ketones is 1. The molecule has 0 saturated carbocycles. The molecule has 0 bridgehead atoms. The first kappa shape index (κ1) is 13.3. The third-order valence-electron chi connectivity index (χ3n) is 3.04. The van der Waals surface area contributed by atoms with Crippen molar-refractivity contribution in [3.05, 3.63) is 23.3 Å². The van der Waals surface area contributed by atoms with Crippen LogP contribution in [0.1, 0.15) is 42.6 Å². The predicted octanol–water partition coefficient (Wildman–Crippen LogP) is 2.12. The van der Waals surface area contributed by atoms with E-state index in [1.54, 1.807) is 12.1 Å². The highest BCUT2D eigenvalue weighted by Gasteiger charge is 2.24. The lowest BCUT2D eigenvalue weighted by molar-refractivity contribution is -0.115. The van der Waals surface area contributed by atoms with Crippen LogP contribution in [0.5, 0.6) is 0 Å². The SMILES string of the molecule is CC(=O)Nc1ccc(NC(C)=O)c2c1CCCC2=O. The summed E-state index contributed by atoms with van der Waals surface area (Å²) >= 11 is 0. The molecule has 0 saturated heterocycles. The Morgan fingerprint density at radius 3 is 2.21 bits per heavy atom. The molecule has 100 valence electrons. The van der Waals surface area contributed by atoms with Crippen LogP contribution in [-0.2, 0) is 16.0 Å². The molecule has 0 fully saturated rings. The summed E-state index contributed by atoms with van der Waals surface area (Å²) in [6, 6.07) is 3.39. The summed E-state index contributed by atoms with van der Waals surface area (Å²) in [7, 11) is 0. The Morgan fingerprint density at radius 2 is 1.58 bits per heavy atom. The van der Waals surface area contributed by atoms with Crippen LogP contribution in [-0.4, -0.2) is 17.6 Å². The zero-order chi connectivity index (χ0) is 14.0. The second-order valence-electron chi connectivity index (χ2n) is 4.65. The van der Waals surface area contributed by atoms with Crippen molar-refractivity contribution >= 4 is 29.0 Å². The molecular weight excluding hydrogens is 244 g/mol. The summed E-state index contributed by atoms with van der Waals surface area (Å²) in [6.45, 7) is 2.83. The van der Waals surface area contributed by atoms with Gasteiger partial charge in [0.15, 0.2) is 5.78 Å². The topological polar surface area (TPSA) is 75.3 Å². The minimum Gasteiger partial charge on any atom is -0.326 e. The van der Waals surface area contributed by atoms with E-state index in [1.807, 2.05) is 0 Å². The average Bonchev–Trinajstić information content (AvgIpc) is 2.31. The fraction of sp³-hybridized carbons (Fsp3) is 0.357. The van der Waals surface area contributed by atoms with Crippen LogP contribution in [0.25, 0.3) is 0 Å². The van der Waals surface area contributed by atoms with Crippen LogP contribution in [0, 0.1) is 0 Å². The normalized spacial score (nSPS) is 13.7. The van der Waals surface area contributed by atoms with Gasteiger partial charge in [-0.25, -0.2) is 0 Å². The van der Waals surface area contributed by atoms with Gasteiger partial charge in [-0.15, -0.1) is 0 Å². The third kappa shape index (κ3) is 2.81. The largest absolute Gasteiger partial charge is 0.326 e. The summed E-state index contributed by atoms with van der Waals surface area (Å²) < 4.78 is 0. The Bertz CT molecular complexity index is 564. The number of benzene rings is 1. The fourth-order valence-electron chi connectivity index (χ4n) is 2.38. The van der Waals surface area contributed by atoms with E-state index in [9.17, 15) is 14.4 Å². The number of amides is 2. The minimum absolute atomic E-state index is 0.0113. The van der Waals surface area contributed by atoms with Gasteiger partial charge in [-0.3, -0.25) is 14.4 Å². The zero-order valence-electron chi connectivity index (χ0n) is 11.0. The highest BCUT2D eigenvalue weighted by Crippen LogP contribution is 2.33. The summed E-state index contributed by atoms with van der Waals surface area (Å²) in [4.78, 5) is 34.4. The first-order valence-corrected chi connectivity index (χ1v) is 6.23. The van der Waals surface area contributed by atoms with E-state index in [-0.39, 0.29) is 17.6 Å². The number of anilines is 2. The predicted molar refractivity (Wildman–Crippen MR) is 72.3 cm³/mol. The van der Waals surface area contributed by atoms with Gasteiger partial charge in [0.25, 0.3) is 0 Å². The Morgan fingerprint density at radius 1 is 1.00 bits per heavy atom. The van der Waals surface area contributed by atoms with Crippen LogP contribution in [0.3, 0.4) is 0 Å². The van der Waals surface area contributed by atoms with Gasteiger partial charge < -0.3 is 10.6 Å². The standard InChI is InChI=1S/C14H16N2O3/c1-8(17)15-11-6-7-12(16-9(2)18)14-10(11)4-3-5-13(14)19/h6-7H,3-5H2,1-2H3,(H,15,17)(H,16,18). The molecule has 2 rings (SSSR count). The number of carbonyl (C=O) groups excluding carboxylic acids is 3. The van der Waals surface area contributed by atoms with E-state index >= 15 is 0 Å². The molecule has 0 heterocycles. The number of fused-ring (bicyclic) bond motifs is 1. The zero-order valence-corrected chi connectivity index (χ0v) is 11.0.